The van der Waals surface area contributed by atoms with Gasteiger partial charge in [0.05, 0.1) is 13.7 Å². The van der Waals surface area contributed by atoms with Crippen molar-refractivity contribution in [2.24, 2.45) is 5.92 Å². The van der Waals surface area contributed by atoms with Crippen molar-refractivity contribution in [1.29, 1.82) is 0 Å². The van der Waals surface area contributed by atoms with Crippen LogP contribution in [-0.2, 0) is 9.53 Å². The predicted molar refractivity (Wildman–Crippen MR) is 75.0 cm³/mol. The Balaban J connectivity index is 2.13. The van der Waals surface area contributed by atoms with Crippen molar-refractivity contribution in [3.05, 3.63) is 23.8 Å². The summed E-state index contributed by atoms with van der Waals surface area (Å²) >= 11 is 0. The van der Waals surface area contributed by atoms with Crippen molar-refractivity contribution in [3.63, 3.8) is 0 Å². The lowest BCUT2D eigenvalue weighted by Crippen LogP contribution is -2.38. The lowest BCUT2D eigenvalue weighted by atomic mass is 10.1. The molecule has 1 heterocycles. The fourth-order valence-electron chi connectivity index (χ4n) is 1.97. The molecule has 1 saturated heterocycles. The van der Waals surface area contributed by atoms with Crippen LogP contribution in [0.25, 0.3) is 0 Å². The molecule has 5 heteroatoms. The molecule has 1 amide bonds. The van der Waals surface area contributed by atoms with Crippen LogP contribution in [0.4, 0.5) is 0 Å². The van der Waals surface area contributed by atoms with Crippen molar-refractivity contribution < 1.29 is 19.0 Å². The highest BCUT2D eigenvalue weighted by Gasteiger charge is 2.21. The summed E-state index contributed by atoms with van der Waals surface area (Å²) in [5.74, 6) is 1.77. The van der Waals surface area contributed by atoms with Crippen LogP contribution < -0.4 is 14.8 Å². The van der Waals surface area contributed by atoms with Gasteiger partial charge in [-0.1, -0.05) is 19.9 Å². The highest BCUT2D eigenvalue weighted by molar-refractivity contribution is 5.77. The summed E-state index contributed by atoms with van der Waals surface area (Å²) < 4.78 is 16.6. The van der Waals surface area contributed by atoms with Gasteiger partial charge in [-0.15, -0.1) is 0 Å². The molecule has 1 fully saturated rings. The van der Waals surface area contributed by atoms with E-state index in [0.29, 0.717) is 30.6 Å². The highest BCUT2D eigenvalue weighted by atomic mass is 16.5. The maximum atomic E-state index is 11.1. The lowest BCUT2D eigenvalue weighted by Gasteiger charge is -2.24. The number of amides is 1. The first kappa shape index (κ1) is 14.7. The molecule has 1 unspecified atom stereocenters. The Kier molecular flexibility index (Phi) is 4.84. The zero-order chi connectivity index (χ0) is 14.5. The van der Waals surface area contributed by atoms with Gasteiger partial charge in [0, 0.05) is 6.54 Å². The number of hydrogen-bond donors (Lipinski definition) is 1. The number of ether oxygens (including phenoxy) is 3. The molecule has 1 aliphatic heterocycles. The molecule has 0 bridgehead atoms. The van der Waals surface area contributed by atoms with Crippen LogP contribution in [0, 0.1) is 5.92 Å². The summed E-state index contributed by atoms with van der Waals surface area (Å²) in [6, 6.07) is 5.72. The first-order valence-electron chi connectivity index (χ1n) is 6.79. The summed E-state index contributed by atoms with van der Waals surface area (Å²) in [7, 11) is 1.62. The SMILES string of the molecule is COc1ccc(C2CNC(=O)CO2)cc1OCC(C)C. The summed E-state index contributed by atoms with van der Waals surface area (Å²) in [4.78, 5) is 11.1. The summed E-state index contributed by atoms with van der Waals surface area (Å²) in [5, 5.41) is 2.79. The standard InChI is InChI=1S/C15H21NO4/c1-10(2)8-19-13-6-11(4-5-12(13)18-3)14-7-16-15(17)9-20-14/h4-6,10,14H,7-9H2,1-3H3,(H,16,17). The normalized spacial score (nSPS) is 18.8. The number of carbonyl (C=O) groups is 1. The van der Waals surface area contributed by atoms with Gasteiger partial charge < -0.3 is 19.5 Å². The molecular formula is C15H21NO4. The van der Waals surface area contributed by atoms with Crippen LogP contribution in [0.5, 0.6) is 11.5 Å². The van der Waals surface area contributed by atoms with E-state index in [-0.39, 0.29) is 18.6 Å². The van der Waals surface area contributed by atoms with E-state index < -0.39 is 0 Å². The fraction of sp³-hybridized carbons (Fsp3) is 0.533. The number of morpholine rings is 1. The van der Waals surface area contributed by atoms with Crippen LogP contribution in [0.1, 0.15) is 25.5 Å². The Bertz CT molecular complexity index is 463. The number of hydrogen-bond acceptors (Lipinski definition) is 4. The second kappa shape index (κ2) is 6.61. The van der Waals surface area contributed by atoms with E-state index in [2.05, 4.69) is 19.2 Å². The van der Waals surface area contributed by atoms with Gasteiger partial charge in [-0.25, -0.2) is 0 Å². The molecule has 0 saturated carbocycles. The lowest BCUT2D eigenvalue weighted by molar-refractivity contribution is -0.133. The highest BCUT2D eigenvalue weighted by Crippen LogP contribution is 2.32. The predicted octanol–water partition coefficient (Wildman–Crippen LogP) is 1.92. The number of rotatable bonds is 5. The number of carbonyl (C=O) groups excluding carboxylic acids is 1. The fourth-order valence-corrected chi connectivity index (χ4v) is 1.97. The van der Waals surface area contributed by atoms with E-state index in [1.54, 1.807) is 7.11 Å². The van der Waals surface area contributed by atoms with E-state index in [9.17, 15) is 4.79 Å². The zero-order valence-corrected chi connectivity index (χ0v) is 12.1. The van der Waals surface area contributed by atoms with Gasteiger partial charge in [0.1, 0.15) is 12.7 Å². The van der Waals surface area contributed by atoms with Crippen LogP contribution >= 0.6 is 0 Å². The Morgan fingerprint density at radius 2 is 2.20 bits per heavy atom. The summed E-state index contributed by atoms with van der Waals surface area (Å²) in [6.07, 6.45) is -0.139. The van der Waals surface area contributed by atoms with Gasteiger partial charge in [0.2, 0.25) is 5.91 Å². The van der Waals surface area contributed by atoms with Gasteiger partial charge in [-0.2, -0.15) is 0 Å². The van der Waals surface area contributed by atoms with E-state index in [1.165, 1.54) is 0 Å². The second-order valence-corrected chi connectivity index (χ2v) is 5.22. The summed E-state index contributed by atoms with van der Waals surface area (Å²) in [5.41, 5.74) is 0.976. The first-order chi connectivity index (χ1) is 9.60. The molecule has 0 radical (unpaired) electrons. The molecule has 5 nitrogen and oxygen atoms in total. The topological polar surface area (TPSA) is 56.8 Å². The molecular weight excluding hydrogens is 258 g/mol. The van der Waals surface area contributed by atoms with Crippen molar-refractivity contribution in [2.75, 3.05) is 26.9 Å². The average Bonchev–Trinajstić information content (AvgIpc) is 2.45. The van der Waals surface area contributed by atoms with Gasteiger partial charge >= 0.3 is 0 Å². The number of benzene rings is 1. The smallest absolute Gasteiger partial charge is 0.246 e. The van der Waals surface area contributed by atoms with Crippen LogP contribution in [0.2, 0.25) is 0 Å². The molecule has 1 atom stereocenters. The minimum atomic E-state index is -0.139. The maximum absolute atomic E-state index is 11.1. The van der Waals surface area contributed by atoms with Gasteiger partial charge in [0.25, 0.3) is 0 Å². The van der Waals surface area contributed by atoms with Gasteiger partial charge in [0.15, 0.2) is 11.5 Å². The van der Waals surface area contributed by atoms with Crippen molar-refractivity contribution in [1.82, 2.24) is 5.32 Å². The number of nitrogens with one attached hydrogen (secondary N) is 1. The van der Waals surface area contributed by atoms with E-state index in [0.717, 1.165) is 5.56 Å². The molecule has 110 valence electrons. The van der Waals surface area contributed by atoms with E-state index in [4.69, 9.17) is 14.2 Å². The Labute approximate surface area is 119 Å². The molecule has 1 aliphatic rings. The second-order valence-electron chi connectivity index (χ2n) is 5.22. The molecule has 20 heavy (non-hydrogen) atoms. The van der Waals surface area contributed by atoms with Crippen molar-refractivity contribution in [2.45, 2.75) is 20.0 Å². The van der Waals surface area contributed by atoms with Gasteiger partial charge in [-0.3, -0.25) is 4.79 Å². The van der Waals surface area contributed by atoms with Crippen LogP contribution in [0.3, 0.4) is 0 Å². The monoisotopic (exact) mass is 279 g/mol. The van der Waals surface area contributed by atoms with E-state index in [1.807, 2.05) is 18.2 Å². The van der Waals surface area contributed by atoms with Crippen molar-refractivity contribution in [3.8, 4) is 11.5 Å². The Hall–Kier alpha value is -1.75. The van der Waals surface area contributed by atoms with Crippen molar-refractivity contribution >= 4 is 5.91 Å². The third kappa shape index (κ3) is 3.63. The minimum Gasteiger partial charge on any atom is -0.493 e. The average molecular weight is 279 g/mol. The molecule has 1 aromatic rings. The third-order valence-electron chi connectivity index (χ3n) is 3.03. The summed E-state index contributed by atoms with van der Waals surface area (Å²) in [6.45, 7) is 5.39. The maximum Gasteiger partial charge on any atom is 0.246 e. The largest absolute Gasteiger partial charge is 0.493 e. The molecule has 2 rings (SSSR count). The van der Waals surface area contributed by atoms with Crippen LogP contribution in [0.15, 0.2) is 18.2 Å². The minimum absolute atomic E-state index is 0.0777. The Morgan fingerprint density at radius 1 is 1.40 bits per heavy atom. The molecule has 1 aromatic carbocycles. The molecule has 0 aliphatic carbocycles. The van der Waals surface area contributed by atoms with Crippen LogP contribution in [-0.4, -0.2) is 32.8 Å². The van der Waals surface area contributed by atoms with E-state index >= 15 is 0 Å². The quantitative estimate of drug-likeness (QED) is 0.894. The molecule has 0 aromatic heterocycles. The molecule has 0 spiro atoms. The van der Waals surface area contributed by atoms with Gasteiger partial charge in [-0.05, 0) is 23.6 Å². The zero-order valence-electron chi connectivity index (χ0n) is 12.1. The Morgan fingerprint density at radius 3 is 2.80 bits per heavy atom. The third-order valence-corrected chi connectivity index (χ3v) is 3.03. The number of methoxy groups -OCH3 is 1. The first-order valence-corrected chi connectivity index (χ1v) is 6.79. The molecule has 1 N–H and O–H groups in total.